The van der Waals surface area contributed by atoms with Gasteiger partial charge in [-0.2, -0.15) is 0 Å². The molecular formula is C10H17N3O4. The Hall–Kier alpha value is -1.79. The number of aliphatic carboxylic acids is 1. The average Bonchev–Trinajstić information content (AvgIpc) is 2.21. The average molecular weight is 243 g/mol. The number of carboxylic acids is 1. The van der Waals surface area contributed by atoms with Crippen LogP contribution in [0.4, 0.5) is 4.79 Å². The number of carbonyl (C=O) groups excluding carboxylic acids is 2. The normalized spacial score (nSPS) is 20.4. The van der Waals surface area contributed by atoms with E-state index >= 15 is 0 Å². The van der Waals surface area contributed by atoms with Crippen molar-refractivity contribution in [3.63, 3.8) is 0 Å². The Morgan fingerprint density at radius 2 is 2.12 bits per heavy atom. The van der Waals surface area contributed by atoms with Crippen molar-refractivity contribution in [1.29, 1.82) is 0 Å². The van der Waals surface area contributed by atoms with E-state index in [0.29, 0.717) is 13.1 Å². The maximum absolute atomic E-state index is 11.8. The van der Waals surface area contributed by atoms with Gasteiger partial charge in [0.2, 0.25) is 5.91 Å². The van der Waals surface area contributed by atoms with Crippen LogP contribution >= 0.6 is 0 Å². The molecule has 1 atom stereocenters. The number of piperazine rings is 1. The number of carboxylic acid groups (broad SMARTS) is 1. The number of hydrogen-bond acceptors (Lipinski definition) is 3. The Morgan fingerprint density at radius 1 is 1.53 bits per heavy atom. The van der Waals surface area contributed by atoms with E-state index in [2.05, 4.69) is 10.6 Å². The fourth-order valence-electron chi connectivity index (χ4n) is 1.58. The number of amides is 3. The predicted octanol–water partition coefficient (Wildman–Crippen LogP) is -0.620. The zero-order valence-corrected chi connectivity index (χ0v) is 10.1. The molecule has 0 spiro atoms. The van der Waals surface area contributed by atoms with Crippen LogP contribution in [0.1, 0.15) is 20.8 Å². The number of nitrogens with one attached hydrogen (secondary N) is 2. The lowest BCUT2D eigenvalue weighted by Gasteiger charge is -2.41. The summed E-state index contributed by atoms with van der Waals surface area (Å²) in [6.45, 7) is 5.34. The third-order valence-corrected chi connectivity index (χ3v) is 2.81. The van der Waals surface area contributed by atoms with Gasteiger partial charge in [0.1, 0.15) is 11.6 Å². The third kappa shape index (κ3) is 2.66. The highest BCUT2D eigenvalue weighted by Gasteiger charge is 2.40. The van der Waals surface area contributed by atoms with E-state index in [-0.39, 0.29) is 5.91 Å². The largest absolute Gasteiger partial charge is 0.480 e. The lowest BCUT2D eigenvalue weighted by atomic mass is 9.99. The molecule has 1 aliphatic heterocycles. The zero-order chi connectivity index (χ0) is 13.2. The minimum atomic E-state index is -1.11. The third-order valence-electron chi connectivity index (χ3n) is 2.81. The quantitative estimate of drug-likeness (QED) is 0.602. The van der Waals surface area contributed by atoms with Crippen LogP contribution in [0.5, 0.6) is 0 Å². The van der Waals surface area contributed by atoms with Crippen molar-refractivity contribution in [2.45, 2.75) is 32.4 Å². The van der Waals surface area contributed by atoms with Crippen LogP contribution < -0.4 is 10.6 Å². The molecule has 1 fully saturated rings. The van der Waals surface area contributed by atoms with Crippen LogP contribution in [-0.2, 0) is 9.59 Å². The molecular weight excluding hydrogens is 226 g/mol. The summed E-state index contributed by atoms with van der Waals surface area (Å²) < 4.78 is 0. The van der Waals surface area contributed by atoms with E-state index in [9.17, 15) is 14.4 Å². The molecule has 0 aromatic rings. The number of hydrogen-bond donors (Lipinski definition) is 3. The van der Waals surface area contributed by atoms with Gasteiger partial charge in [-0.05, 0) is 20.8 Å². The molecule has 17 heavy (non-hydrogen) atoms. The van der Waals surface area contributed by atoms with Gasteiger partial charge >= 0.3 is 12.0 Å². The Balaban J connectivity index is 2.74. The SMILES string of the molecule is CC(NC(=O)N1CCNC(=O)C1(C)C)C(=O)O. The minimum Gasteiger partial charge on any atom is -0.480 e. The van der Waals surface area contributed by atoms with E-state index in [1.807, 2.05) is 0 Å². The number of rotatable bonds is 2. The molecule has 1 aliphatic rings. The zero-order valence-electron chi connectivity index (χ0n) is 10.1. The van der Waals surface area contributed by atoms with Crippen molar-refractivity contribution < 1.29 is 19.5 Å². The van der Waals surface area contributed by atoms with E-state index < -0.39 is 23.6 Å². The number of nitrogens with zero attached hydrogens (tertiary/aromatic N) is 1. The molecule has 0 bridgehead atoms. The van der Waals surface area contributed by atoms with Gasteiger partial charge in [0, 0.05) is 13.1 Å². The standard InChI is InChI=1S/C10H17N3O4/c1-6(7(14)15)12-9(17)13-5-4-11-8(16)10(13,2)3/h6H,4-5H2,1-3H3,(H,11,16)(H,12,17)(H,14,15). The highest BCUT2D eigenvalue weighted by atomic mass is 16.4. The molecule has 1 heterocycles. The van der Waals surface area contributed by atoms with Crippen molar-refractivity contribution >= 4 is 17.9 Å². The van der Waals surface area contributed by atoms with Gasteiger partial charge < -0.3 is 20.6 Å². The second-order valence-electron chi connectivity index (χ2n) is 4.48. The molecule has 0 aliphatic carbocycles. The molecule has 0 aromatic heterocycles. The van der Waals surface area contributed by atoms with Crippen LogP contribution in [0.25, 0.3) is 0 Å². The molecule has 7 heteroatoms. The molecule has 1 saturated heterocycles. The summed E-state index contributed by atoms with van der Waals surface area (Å²) in [7, 11) is 0. The fraction of sp³-hybridized carbons (Fsp3) is 0.700. The Morgan fingerprint density at radius 3 is 2.65 bits per heavy atom. The molecule has 0 saturated carbocycles. The molecule has 0 aromatic carbocycles. The molecule has 96 valence electrons. The minimum absolute atomic E-state index is 0.248. The summed E-state index contributed by atoms with van der Waals surface area (Å²) in [4.78, 5) is 35.4. The second-order valence-corrected chi connectivity index (χ2v) is 4.48. The second kappa shape index (κ2) is 4.60. The summed E-state index contributed by atoms with van der Waals surface area (Å²) in [6, 6.07) is -1.52. The molecule has 0 radical (unpaired) electrons. The van der Waals surface area contributed by atoms with Crippen molar-refractivity contribution in [3.05, 3.63) is 0 Å². The van der Waals surface area contributed by atoms with Crippen LogP contribution in [0, 0.1) is 0 Å². The fourth-order valence-corrected chi connectivity index (χ4v) is 1.58. The van der Waals surface area contributed by atoms with Gasteiger partial charge in [0.05, 0.1) is 0 Å². The summed E-state index contributed by atoms with van der Waals surface area (Å²) in [6.07, 6.45) is 0. The lowest BCUT2D eigenvalue weighted by molar-refractivity contribution is -0.138. The van der Waals surface area contributed by atoms with Crippen LogP contribution in [-0.4, -0.2) is 52.6 Å². The number of carbonyl (C=O) groups is 3. The van der Waals surface area contributed by atoms with Gasteiger partial charge in [-0.1, -0.05) is 0 Å². The van der Waals surface area contributed by atoms with E-state index in [4.69, 9.17) is 5.11 Å². The monoisotopic (exact) mass is 243 g/mol. The summed E-state index contributed by atoms with van der Waals surface area (Å²) in [5, 5.41) is 13.7. The molecule has 7 nitrogen and oxygen atoms in total. The first-order valence-corrected chi connectivity index (χ1v) is 5.36. The first kappa shape index (κ1) is 13.3. The van der Waals surface area contributed by atoms with Gasteiger partial charge in [0.15, 0.2) is 0 Å². The van der Waals surface area contributed by atoms with Crippen molar-refractivity contribution in [2.75, 3.05) is 13.1 Å². The van der Waals surface area contributed by atoms with Crippen molar-refractivity contribution in [1.82, 2.24) is 15.5 Å². The van der Waals surface area contributed by atoms with E-state index in [1.165, 1.54) is 11.8 Å². The predicted molar refractivity (Wildman–Crippen MR) is 59.4 cm³/mol. The van der Waals surface area contributed by atoms with Crippen LogP contribution in [0.15, 0.2) is 0 Å². The van der Waals surface area contributed by atoms with Crippen molar-refractivity contribution in [3.8, 4) is 0 Å². The van der Waals surface area contributed by atoms with E-state index in [1.54, 1.807) is 13.8 Å². The first-order chi connectivity index (χ1) is 7.76. The Bertz CT molecular complexity index is 353. The summed E-state index contributed by atoms with van der Waals surface area (Å²) in [5.74, 6) is -1.36. The van der Waals surface area contributed by atoms with Gasteiger partial charge in [0.25, 0.3) is 0 Å². The highest BCUT2D eigenvalue weighted by molar-refractivity contribution is 5.92. The molecule has 1 unspecified atom stereocenters. The van der Waals surface area contributed by atoms with Gasteiger partial charge in [-0.3, -0.25) is 9.59 Å². The van der Waals surface area contributed by atoms with Crippen molar-refractivity contribution in [2.24, 2.45) is 0 Å². The topological polar surface area (TPSA) is 98.7 Å². The number of urea groups is 1. The highest BCUT2D eigenvalue weighted by Crippen LogP contribution is 2.17. The van der Waals surface area contributed by atoms with E-state index in [0.717, 1.165) is 0 Å². The molecule has 3 N–H and O–H groups in total. The van der Waals surface area contributed by atoms with Gasteiger partial charge in [-0.15, -0.1) is 0 Å². The van der Waals surface area contributed by atoms with Gasteiger partial charge in [-0.25, -0.2) is 4.79 Å². The first-order valence-electron chi connectivity index (χ1n) is 5.36. The maximum atomic E-state index is 11.8. The molecule has 1 rings (SSSR count). The molecule has 3 amide bonds. The lowest BCUT2D eigenvalue weighted by Crippen LogP contribution is -2.66. The summed E-state index contributed by atoms with van der Waals surface area (Å²) >= 11 is 0. The smallest absolute Gasteiger partial charge is 0.325 e. The summed E-state index contributed by atoms with van der Waals surface area (Å²) in [5.41, 5.74) is -0.972. The van der Waals surface area contributed by atoms with Crippen LogP contribution in [0.3, 0.4) is 0 Å². The van der Waals surface area contributed by atoms with Crippen LogP contribution in [0.2, 0.25) is 0 Å². The maximum Gasteiger partial charge on any atom is 0.325 e. The Kier molecular flexibility index (Phi) is 3.59. The Labute approximate surface area is 99.2 Å².